The fourth-order valence-corrected chi connectivity index (χ4v) is 2.75. The van der Waals surface area contributed by atoms with E-state index in [9.17, 15) is 4.79 Å². The minimum Gasteiger partial charge on any atom is -0.357 e. The average molecular weight is 434 g/mol. The van der Waals surface area contributed by atoms with Crippen LogP contribution in [0.2, 0.25) is 0 Å². The van der Waals surface area contributed by atoms with Crippen LogP contribution in [-0.4, -0.2) is 39.4 Å². The minimum atomic E-state index is 0. The summed E-state index contributed by atoms with van der Waals surface area (Å²) < 4.78 is 3.43. The largest absolute Gasteiger partial charge is 0.357 e. The van der Waals surface area contributed by atoms with E-state index in [1.165, 1.54) is 12.8 Å². The molecule has 2 heterocycles. The number of aromatic nitrogens is 3. The normalized spacial score (nSPS) is 17.3. The third-order valence-electron chi connectivity index (χ3n) is 4.09. The molecule has 1 fully saturated rings. The van der Waals surface area contributed by atoms with Gasteiger partial charge in [-0.15, -0.1) is 24.0 Å². The van der Waals surface area contributed by atoms with Crippen molar-refractivity contribution in [2.24, 2.45) is 4.99 Å². The van der Waals surface area contributed by atoms with Crippen LogP contribution < -0.4 is 16.3 Å². The zero-order valence-corrected chi connectivity index (χ0v) is 16.1. The highest BCUT2D eigenvalue weighted by atomic mass is 127. The number of aliphatic imine (C=N–C) groups is 1. The van der Waals surface area contributed by atoms with Crippen LogP contribution in [0, 0.1) is 0 Å². The Hall–Kier alpha value is -1.06. The van der Waals surface area contributed by atoms with Gasteiger partial charge in [-0.2, -0.15) is 5.10 Å². The van der Waals surface area contributed by atoms with Gasteiger partial charge in [-0.05, 0) is 39.0 Å². The van der Waals surface area contributed by atoms with Gasteiger partial charge in [-0.1, -0.05) is 0 Å². The van der Waals surface area contributed by atoms with Crippen LogP contribution in [0.15, 0.2) is 9.79 Å². The molecule has 0 unspecified atom stereocenters. The van der Waals surface area contributed by atoms with Crippen LogP contribution in [0.3, 0.4) is 0 Å². The molecule has 1 aromatic heterocycles. The Morgan fingerprint density at radius 1 is 1.39 bits per heavy atom. The number of aryl methyl sites for hydroxylation is 2. The second-order valence-electron chi connectivity index (χ2n) is 6.06. The van der Waals surface area contributed by atoms with Gasteiger partial charge < -0.3 is 10.6 Å². The van der Waals surface area contributed by atoms with E-state index in [1.807, 2.05) is 4.57 Å². The molecule has 1 aromatic rings. The van der Waals surface area contributed by atoms with E-state index in [0.29, 0.717) is 19.1 Å². The molecule has 7 nitrogen and oxygen atoms in total. The Balaban J connectivity index is 0.00000192. The van der Waals surface area contributed by atoms with E-state index in [-0.39, 0.29) is 29.7 Å². The summed E-state index contributed by atoms with van der Waals surface area (Å²) in [5.74, 6) is 1.84. The lowest BCUT2D eigenvalue weighted by molar-refractivity contribution is 0.509. The zero-order valence-electron chi connectivity index (χ0n) is 13.8. The predicted octanol–water partition coefficient (Wildman–Crippen LogP) is 1.11. The van der Waals surface area contributed by atoms with Crippen LogP contribution >= 0.6 is 24.0 Å². The highest BCUT2D eigenvalue weighted by molar-refractivity contribution is 14.0. The molecule has 0 saturated heterocycles. The van der Waals surface area contributed by atoms with E-state index in [1.54, 1.807) is 4.68 Å². The molecule has 1 saturated carbocycles. The summed E-state index contributed by atoms with van der Waals surface area (Å²) >= 11 is 0. The molecular formula is C15H27IN6O. The van der Waals surface area contributed by atoms with Crippen molar-refractivity contribution in [3.8, 4) is 0 Å². The van der Waals surface area contributed by atoms with E-state index < -0.39 is 0 Å². The molecule has 1 aliphatic heterocycles. The van der Waals surface area contributed by atoms with Gasteiger partial charge in [-0.3, -0.25) is 9.56 Å². The van der Waals surface area contributed by atoms with Gasteiger partial charge in [0.05, 0.1) is 0 Å². The minimum absolute atomic E-state index is 0. The SMILES string of the molecule is CCNC(=NCCCn1nc2n(c1=O)CCCC2)NC1CC1.I. The maximum Gasteiger partial charge on any atom is 0.345 e. The molecule has 0 spiro atoms. The van der Waals surface area contributed by atoms with E-state index in [2.05, 4.69) is 27.6 Å². The van der Waals surface area contributed by atoms with Gasteiger partial charge in [0.15, 0.2) is 5.96 Å². The number of rotatable bonds is 6. The monoisotopic (exact) mass is 434 g/mol. The lowest BCUT2D eigenvalue weighted by Gasteiger charge is -2.09. The van der Waals surface area contributed by atoms with Gasteiger partial charge in [0.2, 0.25) is 0 Å². The van der Waals surface area contributed by atoms with Crippen LogP contribution in [-0.2, 0) is 19.5 Å². The maximum absolute atomic E-state index is 12.2. The number of hydrogen-bond donors (Lipinski definition) is 2. The van der Waals surface area contributed by atoms with Gasteiger partial charge in [0.25, 0.3) is 0 Å². The fraction of sp³-hybridized carbons (Fsp3) is 0.800. The van der Waals surface area contributed by atoms with Crippen molar-refractivity contribution < 1.29 is 0 Å². The summed E-state index contributed by atoms with van der Waals surface area (Å²) in [7, 11) is 0. The molecule has 130 valence electrons. The average Bonchev–Trinajstić information content (AvgIpc) is 3.28. The lowest BCUT2D eigenvalue weighted by Crippen LogP contribution is -2.38. The van der Waals surface area contributed by atoms with E-state index >= 15 is 0 Å². The van der Waals surface area contributed by atoms with Gasteiger partial charge in [0.1, 0.15) is 5.82 Å². The van der Waals surface area contributed by atoms with Crippen molar-refractivity contribution in [1.82, 2.24) is 25.0 Å². The van der Waals surface area contributed by atoms with E-state index in [4.69, 9.17) is 0 Å². The Labute approximate surface area is 154 Å². The Kier molecular flexibility index (Phi) is 6.91. The summed E-state index contributed by atoms with van der Waals surface area (Å²) in [6.07, 6.45) is 6.45. The predicted molar refractivity (Wildman–Crippen MR) is 102 cm³/mol. The third-order valence-corrected chi connectivity index (χ3v) is 4.09. The molecule has 0 amide bonds. The number of hydrogen-bond acceptors (Lipinski definition) is 3. The van der Waals surface area contributed by atoms with Crippen LogP contribution in [0.5, 0.6) is 0 Å². The molecule has 2 N–H and O–H groups in total. The smallest absolute Gasteiger partial charge is 0.345 e. The van der Waals surface area contributed by atoms with Gasteiger partial charge in [0, 0.05) is 38.6 Å². The summed E-state index contributed by atoms with van der Waals surface area (Å²) in [6, 6.07) is 0.597. The molecule has 0 aromatic carbocycles. The first-order valence-electron chi connectivity index (χ1n) is 8.49. The first-order valence-corrected chi connectivity index (χ1v) is 8.49. The number of nitrogens with one attached hydrogen (secondary N) is 2. The van der Waals surface area contributed by atoms with Crippen molar-refractivity contribution in [2.75, 3.05) is 13.1 Å². The molecule has 0 radical (unpaired) electrons. The van der Waals surface area contributed by atoms with Gasteiger partial charge in [-0.25, -0.2) is 9.48 Å². The summed E-state index contributed by atoms with van der Waals surface area (Å²) in [4.78, 5) is 16.8. The van der Waals surface area contributed by atoms with Gasteiger partial charge >= 0.3 is 5.69 Å². The number of fused-ring (bicyclic) bond motifs is 1. The van der Waals surface area contributed by atoms with Crippen molar-refractivity contribution in [3.05, 3.63) is 16.3 Å². The van der Waals surface area contributed by atoms with Crippen molar-refractivity contribution in [2.45, 2.75) is 64.6 Å². The summed E-state index contributed by atoms with van der Waals surface area (Å²) in [5, 5.41) is 11.1. The molecule has 0 atom stereocenters. The zero-order chi connectivity index (χ0) is 15.4. The Morgan fingerprint density at radius 2 is 2.22 bits per heavy atom. The highest BCUT2D eigenvalue weighted by Crippen LogP contribution is 2.18. The van der Waals surface area contributed by atoms with Crippen LogP contribution in [0.1, 0.15) is 44.9 Å². The van der Waals surface area contributed by atoms with Crippen molar-refractivity contribution >= 4 is 29.9 Å². The molecule has 3 rings (SSSR count). The Morgan fingerprint density at radius 3 is 2.91 bits per heavy atom. The summed E-state index contributed by atoms with van der Waals surface area (Å²) in [5.41, 5.74) is 0.0432. The standard InChI is InChI=1S/C15H26N6O.HI/c1-2-16-14(18-12-7-8-12)17-9-5-11-21-15(22)20-10-4-3-6-13(20)19-21;/h12H,2-11H2,1H3,(H2,16,17,18);1H. The van der Waals surface area contributed by atoms with Crippen molar-refractivity contribution in [1.29, 1.82) is 0 Å². The first-order chi connectivity index (χ1) is 10.8. The van der Waals surface area contributed by atoms with Crippen molar-refractivity contribution in [3.63, 3.8) is 0 Å². The Bertz CT molecular complexity index is 589. The molecular weight excluding hydrogens is 407 g/mol. The topological polar surface area (TPSA) is 76.2 Å². The van der Waals surface area contributed by atoms with Crippen LogP contribution in [0.25, 0.3) is 0 Å². The number of guanidine groups is 1. The molecule has 0 bridgehead atoms. The number of nitrogens with zero attached hydrogens (tertiary/aromatic N) is 4. The second-order valence-corrected chi connectivity index (χ2v) is 6.06. The van der Waals surface area contributed by atoms with Crippen LogP contribution in [0.4, 0.5) is 0 Å². The quantitative estimate of drug-likeness (QED) is 0.305. The number of halogens is 1. The maximum atomic E-state index is 12.2. The summed E-state index contributed by atoms with van der Waals surface area (Å²) in [6.45, 7) is 5.11. The fourth-order valence-electron chi connectivity index (χ4n) is 2.75. The van der Waals surface area contributed by atoms with E-state index in [0.717, 1.165) is 50.6 Å². The molecule has 1 aliphatic carbocycles. The molecule has 2 aliphatic rings. The highest BCUT2D eigenvalue weighted by Gasteiger charge is 2.22. The lowest BCUT2D eigenvalue weighted by atomic mass is 10.2. The molecule has 23 heavy (non-hydrogen) atoms. The second kappa shape index (κ2) is 8.70. The molecule has 8 heteroatoms. The third kappa shape index (κ3) is 4.95. The first kappa shape index (κ1) is 18.3.